The summed E-state index contributed by atoms with van der Waals surface area (Å²) in [6.07, 6.45) is 0. The molecule has 2 rings (SSSR count). The summed E-state index contributed by atoms with van der Waals surface area (Å²) in [5, 5.41) is 0. The van der Waals surface area contributed by atoms with Gasteiger partial charge in [-0.25, -0.2) is 17.2 Å². The first-order valence-electron chi connectivity index (χ1n) is 5.32. The molecule has 0 aliphatic rings. The number of nitrogen functional groups attached to an aromatic ring is 1. The summed E-state index contributed by atoms with van der Waals surface area (Å²) in [5.74, 6) is -1.99. The van der Waals surface area contributed by atoms with Crippen LogP contribution in [0.5, 0.6) is 0 Å². The standard InChI is InChI=1S/C12H9BrF2N2O2S/c13-7-1-3-8(4-2-7)20(18,19)17-12-6-11(16)9(14)5-10(12)15/h1-6,17H,16H2. The van der Waals surface area contributed by atoms with Crippen molar-refractivity contribution in [3.8, 4) is 0 Å². The summed E-state index contributed by atoms with van der Waals surface area (Å²) in [4.78, 5) is -0.0528. The molecule has 4 nitrogen and oxygen atoms in total. The van der Waals surface area contributed by atoms with E-state index in [-0.39, 0.29) is 10.6 Å². The van der Waals surface area contributed by atoms with Crippen LogP contribution in [0, 0.1) is 11.6 Å². The first-order valence-corrected chi connectivity index (χ1v) is 7.60. The van der Waals surface area contributed by atoms with Gasteiger partial charge in [0.15, 0.2) is 0 Å². The van der Waals surface area contributed by atoms with Gasteiger partial charge in [0.1, 0.15) is 11.6 Å². The molecule has 8 heteroatoms. The molecule has 0 saturated carbocycles. The Morgan fingerprint density at radius 2 is 1.65 bits per heavy atom. The minimum absolute atomic E-state index is 0.0528. The van der Waals surface area contributed by atoms with Crippen molar-refractivity contribution in [2.45, 2.75) is 4.90 Å². The van der Waals surface area contributed by atoms with E-state index in [9.17, 15) is 17.2 Å². The van der Waals surface area contributed by atoms with Gasteiger partial charge >= 0.3 is 0 Å². The average molecular weight is 363 g/mol. The molecule has 0 spiro atoms. The smallest absolute Gasteiger partial charge is 0.261 e. The third-order valence-corrected chi connectivity index (χ3v) is 4.36. The third kappa shape index (κ3) is 3.07. The van der Waals surface area contributed by atoms with Gasteiger partial charge in [0.05, 0.1) is 16.3 Å². The third-order valence-electron chi connectivity index (χ3n) is 2.45. The van der Waals surface area contributed by atoms with E-state index < -0.39 is 27.3 Å². The lowest BCUT2D eigenvalue weighted by Crippen LogP contribution is -2.14. The minimum atomic E-state index is -3.97. The molecule has 0 saturated heterocycles. The largest absolute Gasteiger partial charge is 0.396 e. The quantitative estimate of drug-likeness (QED) is 0.824. The Morgan fingerprint density at radius 1 is 1.05 bits per heavy atom. The molecule has 2 aromatic carbocycles. The lowest BCUT2D eigenvalue weighted by molar-refractivity contribution is 0.585. The highest BCUT2D eigenvalue weighted by Crippen LogP contribution is 2.24. The van der Waals surface area contributed by atoms with Crippen molar-refractivity contribution in [2.75, 3.05) is 10.5 Å². The summed E-state index contributed by atoms with van der Waals surface area (Å²) in [6, 6.07) is 7.16. The van der Waals surface area contributed by atoms with Crippen molar-refractivity contribution < 1.29 is 17.2 Å². The van der Waals surface area contributed by atoms with Gasteiger partial charge in [-0.05, 0) is 30.3 Å². The fraction of sp³-hybridized carbons (Fsp3) is 0. The second-order valence-electron chi connectivity index (χ2n) is 3.91. The summed E-state index contributed by atoms with van der Waals surface area (Å²) >= 11 is 3.17. The van der Waals surface area contributed by atoms with Crippen molar-refractivity contribution in [1.29, 1.82) is 0 Å². The number of benzene rings is 2. The maximum absolute atomic E-state index is 13.5. The van der Waals surface area contributed by atoms with E-state index in [1.54, 1.807) is 0 Å². The van der Waals surface area contributed by atoms with Crippen molar-refractivity contribution in [3.05, 3.63) is 52.5 Å². The fourth-order valence-corrected chi connectivity index (χ4v) is 2.78. The molecule has 0 atom stereocenters. The van der Waals surface area contributed by atoms with Crippen molar-refractivity contribution in [3.63, 3.8) is 0 Å². The van der Waals surface area contributed by atoms with E-state index in [1.807, 2.05) is 4.72 Å². The second-order valence-corrected chi connectivity index (χ2v) is 6.51. The zero-order valence-electron chi connectivity index (χ0n) is 9.90. The van der Waals surface area contributed by atoms with Crippen LogP contribution in [0.4, 0.5) is 20.2 Å². The van der Waals surface area contributed by atoms with Gasteiger partial charge in [-0.3, -0.25) is 4.72 Å². The van der Waals surface area contributed by atoms with Crippen LogP contribution >= 0.6 is 15.9 Å². The minimum Gasteiger partial charge on any atom is -0.396 e. The van der Waals surface area contributed by atoms with Gasteiger partial charge in [0.25, 0.3) is 10.0 Å². The van der Waals surface area contributed by atoms with E-state index in [2.05, 4.69) is 15.9 Å². The molecule has 0 heterocycles. The number of nitrogens with one attached hydrogen (secondary N) is 1. The molecule has 0 radical (unpaired) electrons. The van der Waals surface area contributed by atoms with Gasteiger partial charge < -0.3 is 5.73 Å². The van der Waals surface area contributed by atoms with Crippen LogP contribution in [0.2, 0.25) is 0 Å². The molecule has 0 aromatic heterocycles. The molecule has 0 fully saturated rings. The molecule has 0 unspecified atom stereocenters. The molecule has 2 aromatic rings. The van der Waals surface area contributed by atoms with Crippen LogP contribution in [0.3, 0.4) is 0 Å². The van der Waals surface area contributed by atoms with Crippen LogP contribution in [0.25, 0.3) is 0 Å². The molecule has 0 aliphatic carbocycles. The number of nitrogens with two attached hydrogens (primary N) is 1. The predicted molar refractivity (Wildman–Crippen MR) is 75.7 cm³/mol. The Labute approximate surface area is 122 Å². The second kappa shape index (κ2) is 5.37. The first kappa shape index (κ1) is 14.7. The maximum Gasteiger partial charge on any atom is 0.261 e. The van der Waals surface area contributed by atoms with Crippen LogP contribution in [0.15, 0.2) is 45.8 Å². The number of anilines is 2. The summed E-state index contributed by atoms with van der Waals surface area (Å²) in [7, 11) is -3.97. The van der Waals surface area contributed by atoms with E-state index in [4.69, 9.17) is 5.73 Å². The normalized spacial score (nSPS) is 11.3. The lowest BCUT2D eigenvalue weighted by Gasteiger charge is -2.10. The lowest BCUT2D eigenvalue weighted by atomic mass is 10.2. The van der Waals surface area contributed by atoms with Gasteiger partial charge in [-0.15, -0.1) is 0 Å². The van der Waals surface area contributed by atoms with Crippen molar-refractivity contribution in [1.82, 2.24) is 0 Å². The first-order chi connectivity index (χ1) is 9.29. The van der Waals surface area contributed by atoms with E-state index in [1.165, 1.54) is 24.3 Å². The van der Waals surface area contributed by atoms with Crippen LogP contribution < -0.4 is 10.5 Å². The molecule has 106 valence electrons. The van der Waals surface area contributed by atoms with Gasteiger partial charge in [0.2, 0.25) is 0 Å². The Morgan fingerprint density at radius 3 is 2.25 bits per heavy atom. The topological polar surface area (TPSA) is 72.2 Å². The summed E-state index contributed by atoms with van der Waals surface area (Å²) < 4.78 is 53.3. The SMILES string of the molecule is Nc1cc(NS(=O)(=O)c2ccc(Br)cc2)c(F)cc1F. The molecule has 20 heavy (non-hydrogen) atoms. The Kier molecular flexibility index (Phi) is 3.96. The summed E-state index contributed by atoms with van der Waals surface area (Å²) in [5.41, 5.74) is 4.53. The van der Waals surface area contributed by atoms with Crippen LogP contribution in [-0.4, -0.2) is 8.42 Å². The van der Waals surface area contributed by atoms with Crippen molar-refractivity contribution >= 4 is 37.3 Å². The van der Waals surface area contributed by atoms with Crippen LogP contribution in [0.1, 0.15) is 0 Å². The Balaban J connectivity index is 2.38. The van der Waals surface area contributed by atoms with E-state index >= 15 is 0 Å². The Bertz CT molecular complexity index is 749. The number of hydrogen-bond acceptors (Lipinski definition) is 3. The van der Waals surface area contributed by atoms with Gasteiger partial charge in [-0.1, -0.05) is 15.9 Å². The summed E-state index contributed by atoms with van der Waals surface area (Å²) in [6.45, 7) is 0. The molecular weight excluding hydrogens is 354 g/mol. The molecular formula is C12H9BrF2N2O2S. The number of rotatable bonds is 3. The highest BCUT2D eigenvalue weighted by molar-refractivity contribution is 9.10. The van der Waals surface area contributed by atoms with Gasteiger partial charge in [-0.2, -0.15) is 0 Å². The number of halogens is 3. The zero-order chi connectivity index (χ0) is 14.9. The molecule has 3 N–H and O–H groups in total. The number of sulfonamides is 1. The van der Waals surface area contributed by atoms with Crippen LogP contribution in [-0.2, 0) is 10.0 Å². The molecule has 0 aliphatic heterocycles. The van der Waals surface area contributed by atoms with Crippen molar-refractivity contribution in [2.24, 2.45) is 0 Å². The van der Waals surface area contributed by atoms with E-state index in [0.29, 0.717) is 10.5 Å². The Hall–Kier alpha value is -1.67. The van der Waals surface area contributed by atoms with Gasteiger partial charge in [0, 0.05) is 10.5 Å². The molecule has 0 amide bonds. The number of hydrogen-bond donors (Lipinski definition) is 2. The monoisotopic (exact) mass is 362 g/mol. The molecule has 0 bridgehead atoms. The predicted octanol–water partition coefficient (Wildman–Crippen LogP) is 3.11. The highest BCUT2D eigenvalue weighted by Gasteiger charge is 2.17. The zero-order valence-corrected chi connectivity index (χ0v) is 12.3. The highest BCUT2D eigenvalue weighted by atomic mass is 79.9. The fourth-order valence-electron chi connectivity index (χ4n) is 1.46. The maximum atomic E-state index is 13.5. The van der Waals surface area contributed by atoms with E-state index in [0.717, 1.165) is 6.07 Å². The average Bonchev–Trinajstić information content (AvgIpc) is 2.36.